The van der Waals surface area contributed by atoms with Crippen LogP contribution in [0, 0.1) is 17.8 Å². The van der Waals surface area contributed by atoms with Gasteiger partial charge in [0.25, 0.3) is 0 Å². The molecule has 3 rings (SSSR count). The minimum absolute atomic E-state index is 0.377. The molecule has 0 radical (unpaired) electrons. The second-order valence-electron chi connectivity index (χ2n) is 5.32. The average molecular weight is 221 g/mol. The Hall–Kier alpha value is -1.26. The van der Waals surface area contributed by atoms with Crippen LogP contribution in [-0.4, -0.2) is 21.2 Å². The number of H-pyrrole nitrogens is 1. The summed E-state index contributed by atoms with van der Waals surface area (Å²) in [4.78, 5) is 4.08. The van der Waals surface area contributed by atoms with Crippen LogP contribution in [0.15, 0.2) is 0 Å². The van der Waals surface area contributed by atoms with Crippen LogP contribution < -0.4 is 11.1 Å². The highest BCUT2D eigenvalue weighted by molar-refractivity contribution is 5.31. The first-order valence-corrected chi connectivity index (χ1v) is 6.17. The Morgan fingerprint density at radius 3 is 2.88 bits per heavy atom. The number of nitrogens with two attached hydrogens (primary N) is 1. The smallest absolute Gasteiger partial charge is 0.243 e. The second-order valence-corrected chi connectivity index (χ2v) is 5.32. The number of nitrogen functional groups attached to an aromatic ring is 1. The first kappa shape index (κ1) is 9.93. The minimum Gasteiger partial charge on any atom is -0.368 e. The largest absolute Gasteiger partial charge is 0.368 e. The summed E-state index contributed by atoms with van der Waals surface area (Å²) >= 11 is 0. The van der Waals surface area contributed by atoms with Gasteiger partial charge in [-0.3, -0.25) is 0 Å². The fourth-order valence-corrected chi connectivity index (χ4v) is 3.56. The van der Waals surface area contributed by atoms with Crippen LogP contribution in [-0.2, 0) is 0 Å². The first-order valence-electron chi connectivity index (χ1n) is 6.17. The zero-order chi connectivity index (χ0) is 11.1. The van der Waals surface area contributed by atoms with Gasteiger partial charge >= 0.3 is 0 Å². The third-order valence-corrected chi connectivity index (χ3v) is 4.29. The van der Waals surface area contributed by atoms with Gasteiger partial charge in [0, 0.05) is 6.04 Å². The van der Waals surface area contributed by atoms with E-state index >= 15 is 0 Å². The van der Waals surface area contributed by atoms with Crippen LogP contribution >= 0.6 is 0 Å². The number of nitrogens with zero attached hydrogens (tertiary/aromatic N) is 2. The van der Waals surface area contributed by atoms with Gasteiger partial charge in [-0.25, -0.2) is 5.10 Å². The highest BCUT2D eigenvalue weighted by Gasteiger charge is 2.41. The predicted molar refractivity (Wildman–Crippen MR) is 62.8 cm³/mol. The fraction of sp³-hybridized carbons (Fsp3) is 0.818. The second kappa shape index (κ2) is 3.64. The van der Waals surface area contributed by atoms with E-state index in [0.717, 1.165) is 17.8 Å². The van der Waals surface area contributed by atoms with Crippen molar-refractivity contribution in [2.24, 2.45) is 17.8 Å². The van der Waals surface area contributed by atoms with E-state index in [2.05, 4.69) is 27.4 Å². The topological polar surface area (TPSA) is 79.6 Å². The zero-order valence-electron chi connectivity index (χ0n) is 9.61. The molecule has 1 heterocycles. The number of rotatable bonds is 3. The van der Waals surface area contributed by atoms with Gasteiger partial charge in [-0.05, 0) is 43.9 Å². The Balaban J connectivity index is 1.63. The minimum atomic E-state index is 0.377. The molecule has 4 N–H and O–H groups in total. The lowest BCUT2D eigenvalue weighted by atomic mass is 9.84. The highest BCUT2D eigenvalue weighted by atomic mass is 15.3. The van der Waals surface area contributed by atoms with Gasteiger partial charge in [-0.2, -0.15) is 4.98 Å². The predicted octanol–water partition coefficient (Wildman–Crippen LogP) is 1.62. The van der Waals surface area contributed by atoms with Crippen LogP contribution in [0.4, 0.5) is 11.9 Å². The van der Waals surface area contributed by atoms with Crippen LogP contribution in [0.1, 0.15) is 32.6 Å². The molecule has 0 saturated heterocycles. The van der Waals surface area contributed by atoms with Crippen molar-refractivity contribution in [1.29, 1.82) is 0 Å². The lowest BCUT2D eigenvalue weighted by Crippen LogP contribution is -2.30. The van der Waals surface area contributed by atoms with E-state index in [0.29, 0.717) is 17.9 Å². The summed E-state index contributed by atoms with van der Waals surface area (Å²) in [6.45, 7) is 2.23. The molecule has 2 aliphatic rings. The van der Waals surface area contributed by atoms with E-state index in [4.69, 9.17) is 5.73 Å². The molecule has 0 aliphatic heterocycles. The number of hydrogen-bond acceptors (Lipinski definition) is 4. The summed E-state index contributed by atoms with van der Waals surface area (Å²) in [5.41, 5.74) is 5.50. The summed E-state index contributed by atoms with van der Waals surface area (Å²) < 4.78 is 0. The molecule has 0 spiro atoms. The average Bonchev–Trinajstić information content (AvgIpc) is 2.93. The summed E-state index contributed by atoms with van der Waals surface area (Å²) in [7, 11) is 0. The molecular weight excluding hydrogens is 202 g/mol. The van der Waals surface area contributed by atoms with Crippen molar-refractivity contribution in [1.82, 2.24) is 15.2 Å². The maximum absolute atomic E-state index is 5.50. The highest BCUT2D eigenvalue weighted by Crippen LogP contribution is 2.49. The normalized spacial score (nSPS) is 34.2. The van der Waals surface area contributed by atoms with Crippen LogP contribution in [0.3, 0.4) is 0 Å². The third kappa shape index (κ3) is 1.64. The molecule has 4 atom stereocenters. The fourth-order valence-electron chi connectivity index (χ4n) is 3.56. The summed E-state index contributed by atoms with van der Waals surface area (Å²) in [6, 6.07) is 0.450. The molecule has 2 aliphatic carbocycles. The van der Waals surface area contributed by atoms with Crippen molar-refractivity contribution in [3.8, 4) is 0 Å². The Kier molecular flexibility index (Phi) is 2.26. The lowest BCUT2D eigenvalue weighted by Gasteiger charge is -2.28. The molecule has 5 nitrogen and oxygen atoms in total. The molecule has 1 aromatic heterocycles. The molecular formula is C11H19N5. The molecule has 2 bridgehead atoms. The van der Waals surface area contributed by atoms with Gasteiger partial charge in [0.1, 0.15) is 0 Å². The van der Waals surface area contributed by atoms with Gasteiger partial charge in [-0.15, -0.1) is 5.10 Å². The third-order valence-electron chi connectivity index (χ3n) is 4.29. The monoisotopic (exact) mass is 221 g/mol. The van der Waals surface area contributed by atoms with Crippen molar-refractivity contribution < 1.29 is 0 Å². The first-order chi connectivity index (χ1) is 7.72. The molecule has 2 fully saturated rings. The molecule has 4 unspecified atom stereocenters. The molecule has 88 valence electrons. The van der Waals surface area contributed by atoms with E-state index in [1.165, 1.54) is 25.7 Å². The molecule has 5 heteroatoms. The van der Waals surface area contributed by atoms with Crippen molar-refractivity contribution in [3.63, 3.8) is 0 Å². The van der Waals surface area contributed by atoms with Gasteiger partial charge in [-0.1, -0.05) is 6.42 Å². The lowest BCUT2D eigenvalue weighted by molar-refractivity contribution is 0.303. The standard InChI is InChI=1S/C11H19N5/c1-6(13-11-14-10(12)15-16-11)9-5-7-2-3-8(9)4-7/h6-9H,2-5H2,1H3,(H4,12,13,14,15,16). The number of anilines is 2. The molecule has 16 heavy (non-hydrogen) atoms. The Morgan fingerprint density at radius 2 is 2.31 bits per heavy atom. The van der Waals surface area contributed by atoms with Crippen LogP contribution in [0.25, 0.3) is 0 Å². The van der Waals surface area contributed by atoms with Crippen molar-refractivity contribution in [3.05, 3.63) is 0 Å². The Labute approximate surface area is 95.2 Å². The van der Waals surface area contributed by atoms with Gasteiger partial charge in [0.15, 0.2) is 0 Å². The van der Waals surface area contributed by atoms with E-state index in [1.807, 2.05) is 0 Å². The van der Waals surface area contributed by atoms with Crippen molar-refractivity contribution >= 4 is 11.9 Å². The number of fused-ring (bicyclic) bond motifs is 2. The molecule has 0 aromatic carbocycles. The Morgan fingerprint density at radius 1 is 1.44 bits per heavy atom. The van der Waals surface area contributed by atoms with Crippen molar-refractivity contribution in [2.45, 2.75) is 38.6 Å². The van der Waals surface area contributed by atoms with Crippen LogP contribution in [0.5, 0.6) is 0 Å². The quantitative estimate of drug-likeness (QED) is 0.724. The van der Waals surface area contributed by atoms with Crippen LogP contribution in [0.2, 0.25) is 0 Å². The maximum atomic E-state index is 5.50. The van der Waals surface area contributed by atoms with E-state index in [1.54, 1.807) is 0 Å². The van der Waals surface area contributed by atoms with Gasteiger partial charge < -0.3 is 11.1 Å². The van der Waals surface area contributed by atoms with Crippen molar-refractivity contribution in [2.75, 3.05) is 11.1 Å². The van der Waals surface area contributed by atoms with E-state index in [-0.39, 0.29) is 0 Å². The number of hydrogen-bond donors (Lipinski definition) is 3. The maximum Gasteiger partial charge on any atom is 0.243 e. The van der Waals surface area contributed by atoms with E-state index < -0.39 is 0 Å². The molecule has 0 amide bonds. The number of aromatic nitrogens is 3. The van der Waals surface area contributed by atoms with Gasteiger partial charge in [0.05, 0.1) is 0 Å². The summed E-state index contributed by atoms with van der Waals surface area (Å²) in [5.74, 6) is 3.70. The molecule has 1 aromatic rings. The van der Waals surface area contributed by atoms with Gasteiger partial charge in [0.2, 0.25) is 11.9 Å². The zero-order valence-corrected chi connectivity index (χ0v) is 9.61. The molecule has 2 saturated carbocycles. The summed E-state index contributed by atoms with van der Waals surface area (Å²) in [5, 5.41) is 10.0. The SMILES string of the molecule is CC(Nc1n[nH]c(N)n1)C1CC2CCC1C2. The van der Waals surface area contributed by atoms with E-state index in [9.17, 15) is 0 Å². The number of nitrogens with one attached hydrogen (secondary N) is 2. The Bertz CT molecular complexity index is 374. The number of aromatic amines is 1. The summed E-state index contributed by atoms with van der Waals surface area (Å²) in [6.07, 6.45) is 5.67.